The summed E-state index contributed by atoms with van der Waals surface area (Å²) in [5.41, 5.74) is 5.47. The van der Waals surface area contributed by atoms with Gasteiger partial charge in [0.25, 0.3) is 5.56 Å². The average Bonchev–Trinajstić information content (AvgIpc) is 3.56. The van der Waals surface area contributed by atoms with Gasteiger partial charge in [0.1, 0.15) is 17.4 Å². The summed E-state index contributed by atoms with van der Waals surface area (Å²) < 4.78 is 61.3. The summed E-state index contributed by atoms with van der Waals surface area (Å²) in [6, 6.07) is 15.7. The highest BCUT2D eigenvalue weighted by atomic mass is 19.4. The van der Waals surface area contributed by atoms with Gasteiger partial charge in [-0.2, -0.15) is 13.2 Å². The van der Waals surface area contributed by atoms with Crippen molar-refractivity contribution in [3.63, 3.8) is 0 Å². The average molecular weight is 654 g/mol. The lowest BCUT2D eigenvalue weighted by molar-refractivity contribution is -0.140. The number of rotatable bonds is 13. The number of hydrogen-bond donors (Lipinski definition) is 1. The zero-order valence-electron chi connectivity index (χ0n) is 26.3. The molecule has 12 heteroatoms. The Hall–Kier alpha value is -4.29. The Morgan fingerprint density at radius 3 is 2.45 bits per heavy atom. The lowest BCUT2D eigenvalue weighted by Gasteiger charge is -2.33. The highest BCUT2D eigenvalue weighted by molar-refractivity contribution is 5.80. The maximum Gasteiger partial charge on any atom is 0.419 e. The molecule has 0 spiro atoms. The van der Waals surface area contributed by atoms with Crippen LogP contribution in [0, 0.1) is 5.82 Å². The van der Waals surface area contributed by atoms with Crippen LogP contribution in [0.5, 0.6) is 5.75 Å². The fourth-order valence-electron chi connectivity index (χ4n) is 6.16. The van der Waals surface area contributed by atoms with Crippen LogP contribution in [0.2, 0.25) is 0 Å². The molecule has 1 saturated heterocycles. The fraction of sp³-hybridized carbons (Fsp3) is 0.400. The van der Waals surface area contributed by atoms with E-state index >= 15 is 0 Å². The minimum atomic E-state index is -4.85. The molecule has 4 aromatic rings. The number of hydrogen-bond acceptors (Lipinski definition) is 6. The quantitative estimate of drug-likeness (QED) is 0.181. The molecule has 0 radical (unpaired) electrons. The zero-order chi connectivity index (χ0) is 33.6. The van der Waals surface area contributed by atoms with E-state index in [2.05, 4.69) is 4.90 Å². The summed E-state index contributed by atoms with van der Waals surface area (Å²) in [5, 5.41) is 0.392. The van der Waals surface area contributed by atoms with Gasteiger partial charge in [-0.25, -0.2) is 9.37 Å². The highest BCUT2D eigenvalue weighted by Gasteiger charge is 2.35. The Bertz CT molecular complexity index is 1740. The molecule has 47 heavy (non-hydrogen) atoms. The van der Waals surface area contributed by atoms with Gasteiger partial charge in [0, 0.05) is 6.54 Å². The van der Waals surface area contributed by atoms with Gasteiger partial charge in [0.2, 0.25) is 5.91 Å². The molecule has 1 aromatic heterocycles. The van der Waals surface area contributed by atoms with E-state index in [0.717, 1.165) is 44.6 Å². The first-order valence-corrected chi connectivity index (χ1v) is 15.9. The first-order chi connectivity index (χ1) is 22.6. The number of fused-ring (bicyclic) bond motifs is 1. The molecule has 1 aliphatic rings. The van der Waals surface area contributed by atoms with Gasteiger partial charge < -0.3 is 20.3 Å². The summed E-state index contributed by atoms with van der Waals surface area (Å²) in [6.45, 7) is 5.44. The molecule has 2 heterocycles. The highest BCUT2D eigenvalue weighted by Crippen LogP contribution is 2.32. The lowest BCUT2D eigenvalue weighted by atomic mass is 10.0. The normalized spacial score (nSPS) is 14.4. The SMILES string of the molecule is CCOc1ccc(-n2c(C(CCN)N(CCCN3CCCC3)C(=O)Cc3ccc(C(F)(F)F)c(F)c3)nc3ccccc3c2=O)cc1. The van der Waals surface area contributed by atoms with Crippen LogP contribution in [0.25, 0.3) is 16.6 Å². The molecule has 1 aliphatic heterocycles. The van der Waals surface area contributed by atoms with Gasteiger partial charge in [-0.15, -0.1) is 0 Å². The molecular weight excluding hydrogens is 614 g/mol. The summed E-state index contributed by atoms with van der Waals surface area (Å²) >= 11 is 0. The Balaban J connectivity index is 1.58. The van der Waals surface area contributed by atoms with Crippen LogP contribution in [0.4, 0.5) is 17.6 Å². The van der Waals surface area contributed by atoms with Crippen LogP contribution in [0.1, 0.15) is 55.6 Å². The van der Waals surface area contributed by atoms with Crippen molar-refractivity contribution >= 4 is 16.8 Å². The molecule has 1 fully saturated rings. The van der Waals surface area contributed by atoms with E-state index in [1.54, 1.807) is 53.4 Å². The van der Waals surface area contributed by atoms with E-state index in [9.17, 15) is 27.2 Å². The van der Waals surface area contributed by atoms with Crippen molar-refractivity contribution in [2.75, 3.05) is 39.3 Å². The van der Waals surface area contributed by atoms with Crippen LogP contribution in [-0.4, -0.2) is 64.6 Å². The standard InChI is InChI=1S/C35H39F4N5O3/c1-2-47-26-13-11-25(12-14-26)44-33(41-30-9-4-3-8-27(30)34(44)46)31(16-17-40)43(21-7-20-42-18-5-6-19-42)32(45)23-24-10-15-28(29(36)22-24)35(37,38)39/h3-4,8-15,22,31H,2,5-7,16-21,23,40H2,1H3. The molecule has 1 unspecified atom stereocenters. The van der Waals surface area contributed by atoms with Gasteiger partial charge in [-0.1, -0.05) is 18.2 Å². The number of nitrogens with two attached hydrogens (primary N) is 1. The summed E-state index contributed by atoms with van der Waals surface area (Å²) in [5.74, 6) is -0.955. The maximum atomic E-state index is 14.5. The van der Waals surface area contributed by atoms with E-state index in [1.165, 1.54) is 4.57 Å². The van der Waals surface area contributed by atoms with Crippen molar-refractivity contribution in [2.45, 2.75) is 51.2 Å². The van der Waals surface area contributed by atoms with Crippen LogP contribution in [0.15, 0.2) is 71.5 Å². The minimum absolute atomic E-state index is 0.104. The third kappa shape index (κ3) is 7.99. The Labute approximate surface area is 270 Å². The number of halogens is 4. The molecule has 3 aromatic carbocycles. The lowest BCUT2D eigenvalue weighted by Crippen LogP contribution is -2.41. The number of carbonyl (C=O) groups is 1. The van der Waals surface area contributed by atoms with Crippen molar-refractivity contribution in [3.8, 4) is 11.4 Å². The predicted octanol–water partition coefficient (Wildman–Crippen LogP) is 5.89. The number of alkyl halides is 3. The molecule has 0 bridgehead atoms. The number of benzene rings is 3. The number of para-hydroxylation sites is 1. The number of likely N-dealkylation sites (tertiary alicyclic amines) is 1. The molecule has 2 N–H and O–H groups in total. The van der Waals surface area contributed by atoms with Crippen molar-refractivity contribution in [1.82, 2.24) is 19.4 Å². The number of aromatic nitrogens is 2. The van der Waals surface area contributed by atoms with E-state index in [4.69, 9.17) is 15.5 Å². The molecule has 1 amide bonds. The van der Waals surface area contributed by atoms with Crippen molar-refractivity contribution in [1.29, 1.82) is 0 Å². The van der Waals surface area contributed by atoms with Gasteiger partial charge in [0.15, 0.2) is 0 Å². The maximum absolute atomic E-state index is 14.5. The zero-order valence-corrected chi connectivity index (χ0v) is 26.3. The second-order valence-corrected chi connectivity index (χ2v) is 11.6. The van der Waals surface area contributed by atoms with E-state index in [1.807, 2.05) is 6.92 Å². The number of carbonyl (C=O) groups excluding carboxylic acids is 1. The molecule has 0 aliphatic carbocycles. The third-order valence-corrected chi connectivity index (χ3v) is 8.41. The predicted molar refractivity (Wildman–Crippen MR) is 172 cm³/mol. The second-order valence-electron chi connectivity index (χ2n) is 11.6. The van der Waals surface area contributed by atoms with E-state index in [0.29, 0.717) is 47.3 Å². The summed E-state index contributed by atoms with van der Waals surface area (Å²) in [6.07, 6.45) is -2.14. The third-order valence-electron chi connectivity index (χ3n) is 8.41. The molecule has 250 valence electrons. The number of amides is 1. The Kier molecular flexibility index (Phi) is 10.9. The molecule has 5 rings (SSSR count). The van der Waals surface area contributed by atoms with E-state index < -0.39 is 29.5 Å². The first-order valence-electron chi connectivity index (χ1n) is 15.9. The largest absolute Gasteiger partial charge is 0.494 e. The minimum Gasteiger partial charge on any atom is -0.494 e. The van der Waals surface area contributed by atoms with Crippen LogP contribution >= 0.6 is 0 Å². The van der Waals surface area contributed by atoms with E-state index in [-0.39, 0.29) is 37.1 Å². The van der Waals surface area contributed by atoms with Gasteiger partial charge in [-0.05, 0) is 113 Å². The molecule has 8 nitrogen and oxygen atoms in total. The summed E-state index contributed by atoms with van der Waals surface area (Å²) in [7, 11) is 0. The monoisotopic (exact) mass is 653 g/mol. The van der Waals surface area contributed by atoms with Gasteiger partial charge in [-0.3, -0.25) is 14.2 Å². The topological polar surface area (TPSA) is 93.7 Å². The van der Waals surface area contributed by atoms with Gasteiger partial charge >= 0.3 is 6.18 Å². The van der Waals surface area contributed by atoms with Crippen molar-refractivity contribution in [2.24, 2.45) is 5.73 Å². The van der Waals surface area contributed by atoms with Crippen molar-refractivity contribution in [3.05, 3.63) is 99.9 Å². The first kappa shape index (κ1) is 34.1. The van der Waals surface area contributed by atoms with Gasteiger partial charge in [0.05, 0.1) is 41.2 Å². The fourth-order valence-corrected chi connectivity index (χ4v) is 6.16. The summed E-state index contributed by atoms with van der Waals surface area (Å²) in [4.78, 5) is 37.1. The molecule has 0 saturated carbocycles. The smallest absolute Gasteiger partial charge is 0.419 e. The molecular formula is C35H39F4N5O3. The molecule has 1 atom stereocenters. The number of nitrogens with zero attached hydrogens (tertiary/aromatic N) is 4. The Morgan fingerprint density at radius 1 is 1.06 bits per heavy atom. The second kappa shape index (κ2) is 15.1. The van der Waals surface area contributed by atoms with Crippen LogP contribution < -0.4 is 16.0 Å². The van der Waals surface area contributed by atoms with Crippen LogP contribution in [0.3, 0.4) is 0 Å². The van der Waals surface area contributed by atoms with Crippen molar-refractivity contribution < 1.29 is 27.1 Å². The number of ether oxygens (including phenoxy) is 1. The Morgan fingerprint density at radius 2 is 1.79 bits per heavy atom. The van der Waals surface area contributed by atoms with Crippen LogP contribution in [-0.2, 0) is 17.4 Å².